The second-order valence-electron chi connectivity index (χ2n) is 21.6. The van der Waals surface area contributed by atoms with Crippen LogP contribution in [0.15, 0.2) is 5.11 Å². The van der Waals surface area contributed by atoms with Crippen molar-refractivity contribution in [2.24, 2.45) is 22.7 Å². The van der Waals surface area contributed by atoms with Gasteiger partial charge in [-0.15, -0.1) is 0 Å². The van der Waals surface area contributed by atoms with E-state index in [0.717, 1.165) is 11.8 Å². The Labute approximate surface area is 515 Å². The number of fused-ring (bicyclic) bond motifs is 1. The molecule has 2 rings (SSSR count). The van der Waals surface area contributed by atoms with Gasteiger partial charge in [-0.3, -0.25) is 76.7 Å². The Kier molecular flexibility index (Phi) is 33.2. The van der Waals surface area contributed by atoms with Gasteiger partial charge in [0.2, 0.25) is 82.7 Å². The Bertz CT molecular complexity index is 2670. The van der Waals surface area contributed by atoms with E-state index in [4.69, 9.17) is 11.3 Å². The largest absolute Gasteiger partial charge is 0.481 e. The van der Waals surface area contributed by atoms with Gasteiger partial charge in [0, 0.05) is 30.8 Å². The molecular weight excluding hydrogens is 1200 g/mol. The number of nitrogens with zero attached hydrogens (tertiary/aromatic N) is 4. The van der Waals surface area contributed by atoms with Crippen LogP contribution in [0.3, 0.4) is 0 Å². The fourth-order valence-electron chi connectivity index (χ4n) is 8.97. The molecule has 502 valence electrons. The minimum Gasteiger partial charge on any atom is -0.481 e. The standard InChI is InChI=1S/C52H83N17O21/c1-6-25(4)41-50(88)65-40(24(2)3)49(87)67-42(26(5)72)51(89)62-27(10-7-8-16-58-68-54)43(81)57-21-37(76)59-28(12-14-34(53)73)45(83)64-32(23-71)47(85)63-31(22-70)44(82)56-19-35(74)55-20-36(75)60-30(18-39(79)80)52(90)69-17-9-11-33(69)48(86)61-29(46(84)66-41)13-15-38(77)78/h24-33,40-42,70-72H,6-23H2,1-5H3,(H2,53,73)(H,55,74)(H,56,82)(H,57,81)(H,59,76)(H,60,75)(H,61,86)(H,62,89)(H,63,85)(H,64,83)(H,65,88)(H,66,84)(H,67,87)(H,77,78)(H,79,80)/t25-,26+,27-,28-,29-,30-,31-,32-,33-,40-,41-,42-/m0/s1. The molecule has 14 amide bonds. The highest BCUT2D eigenvalue weighted by molar-refractivity contribution is 6.00. The number of nitrogens with two attached hydrogens (primary N) is 1. The number of primary amides is 1. The summed E-state index contributed by atoms with van der Waals surface area (Å²) in [5.41, 5.74) is 14.0. The number of hydrogen-bond acceptors (Lipinski definition) is 20. The molecule has 38 nitrogen and oxygen atoms in total. The molecule has 2 fully saturated rings. The van der Waals surface area contributed by atoms with Gasteiger partial charge in [-0.25, -0.2) is 0 Å². The van der Waals surface area contributed by atoms with E-state index in [-0.39, 0.29) is 51.6 Å². The Morgan fingerprint density at radius 3 is 1.59 bits per heavy atom. The molecule has 0 radical (unpaired) electrons. The van der Waals surface area contributed by atoms with Crippen molar-refractivity contribution in [2.75, 3.05) is 45.9 Å². The van der Waals surface area contributed by atoms with Crippen molar-refractivity contribution in [2.45, 2.75) is 172 Å². The van der Waals surface area contributed by atoms with Crippen LogP contribution in [-0.2, 0) is 76.7 Å². The zero-order valence-electron chi connectivity index (χ0n) is 50.4. The first kappa shape index (κ1) is 76.8. The molecular formula is C52H83N17O21. The number of carbonyl (C=O) groups excluding carboxylic acids is 14. The second kappa shape index (κ2) is 38.9. The van der Waals surface area contributed by atoms with Gasteiger partial charge in [-0.2, -0.15) is 0 Å². The Hall–Kier alpha value is -9.29. The smallest absolute Gasteiger partial charge is 0.305 e. The number of aliphatic hydroxyl groups excluding tert-OH is 3. The van der Waals surface area contributed by atoms with E-state index in [9.17, 15) is 102 Å². The predicted molar refractivity (Wildman–Crippen MR) is 307 cm³/mol. The van der Waals surface area contributed by atoms with Crippen LogP contribution >= 0.6 is 0 Å². The van der Waals surface area contributed by atoms with Gasteiger partial charge in [0.15, 0.2) is 0 Å². The van der Waals surface area contributed by atoms with Crippen LogP contribution in [0.5, 0.6) is 0 Å². The quantitative estimate of drug-likeness (QED) is 0.0247. The fraction of sp³-hybridized carbons (Fsp3) is 0.692. The van der Waals surface area contributed by atoms with Gasteiger partial charge >= 0.3 is 11.9 Å². The zero-order chi connectivity index (χ0) is 67.9. The highest BCUT2D eigenvalue weighted by atomic mass is 16.4. The number of nitrogens with one attached hydrogen (secondary N) is 12. The van der Waals surface area contributed by atoms with Crippen LogP contribution in [0.2, 0.25) is 0 Å². The molecule has 0 unspecified atom stereocenters. The minimum atomic E-state index is -1.93. The number of carboxylic acids is 2. The summed E-state index contributed by atoms with van der Waals surface area (Å²) in [7, 11) is 0. The maximum atomic E-state index is 14.2. The predicted octanol–water partition coefficient (Wildman–Crippen LogP) is -8.14. The fourth-order valence-corrected chi connectivity index (χ4v) is 8.97. The average molecular weight is 1280 g/mol. The van der Waals surface area contributed by atoms with Crippen molar-refractivity contribution in [3.05, 3.63) is 10.4 Å². The van der Waals surface area contributed by atoms with E-state index in [2.05, 4.69) is 68.5 Å². The first-order valence-corrected chi connectivity index (χ1v) is 28.9. The van der Waals surface area contributed by atoms with Crippen molar-refractivity contribution in [3.8, 4) is 0 Å². The summed E-state index contributed by atoms with van der Waals surface area (Å²) in [5.74, 6) is -20.1. The Morgan fingerprint density at radius 2 is 1.03 bits per heavy atom. The number of hydrogen-bond donors (Lipinski definition) is 18. The number of carbonyl (C=O) groups is 16. The highest BCUT2D eigenvalue weighted by Gasteiger charge is 2.42. The summed E-state index contributed by atoms with van der Waals surface area (Å²) < 4.78 is 0. The lowest BCUT2D eigenvalue weighted by molar-refractivity contribution is -0.146. The molecule has 2 heterocycles. The Morgan fingerprint density at radius 1 is 0.567 bits per heavy atom. The van der Waals surface area contributed by atoms with Crippen LogP contribution in [0.1, 0.15) is 105 Å². The van der Waals surface area contributed by atoms with Crippen molar-refractivity contribution in [1.29, 1.82) is 0 Å². The van der Waals surface area contributed by atoms with Gasteiger partial charge in [0.05, 0.1) is 45.4 Å². The van der Waals surface area contributed by atoms with Gasteiger partial charge in [-0.05, 0) is 62.8 Å². The number of unbranched alkanes of at least 4 members (excludes halogenated alkanes) is 1. The summed E-state index contributed by atoms with van der Waals surface area (Å²) in [5, 5.41) is 80.8. The third-order valence-corrected chi connectivity index (χ3v) is 14.2. The van der Waals surface area contributed by atoms with E-state index >= 15 is 0 Å². The molecule has 90 heavy (non-hydrogen) atoms. The number of aliphatic carboxylic acids is 2. The molecule has 38 heteroatoms. The summed E-state index contributed by atoms with van der Waals surface area (Å²) >= 11 is 0. The van der Waals surface area contributed by atoms with E-state index in [1.165, 1.54) is 13.8 Å². The second-order valence-corrected chi connectivity index (χ2v) is 21.6. The molecule has 2 saturated heterocycles. The number of amides is 14. The molecule has 0 spiro atoms. The van der Waals surface area contributed by atoms with E-state index in [1.807, 2.05) is 5.32 Å². The lowest BCUT2D eigenvalue weighted by Gasteiger charge is -2.31. The van der Waals surface area contributed by atoms with Crippen molar-refractivity contribution < 1.29 is 102 Å². The Balaban J connectivity index is 2.70. The molecule has 0 bridgehead atoms. The molecule has 0 aliphatic carbocycles. The highest BCUT2D eigenvalue weighted by Crippen LogP contribution is 2.21. The maximum absolute atomic E-state index is 14.2. The third-order valence-electron chi connectivity index (χ3n) is 14.2. The summed E-state index contributed by atoms with van der Waals surface area (Å²) in [6, 6.07) is -17.1. The van der Waals surface area contributed by atoms with Crippen molar-refractivity contribution in [3.63, 3.8) is 0 Å². The van der Waals surface area contributed by atoms with Gasteiger partial charge in [0.25, 0.3) is 0 Å². The van der Waals surface area contributed by atoms with Crippen molar-refractivity contribution >= 4 is 94.6 Å². The lowest BCUT2D eigenvalue weighted by Crippen LogP contribution is -2.63. The van der Waals surface area contributed by atoms with Crippen LogP contribution in [0.4, 0.5) is 0 Å². The molecule has 0 saturated carbocycles. The molecule has 0 aromatic rings. The van der Waals surface area contributed by atoms with Gasteiger partial charge in [-0.1, -0.05) is 45.7 Å². The van der Waals surface area contributed by atoms with E-state index in [0.29, 0.717) is 0 Å². The molecule has 2 aliphatic rings. The lowest BCUT2D eigenvalue weighted by atomic mass is 9.95. The van der Waals surface area contributed by atoms with Gasteiger partial charge < -0.3 is 100.0 Å². The van der Waals surface area contributed by atoms with Gasteiger partial charge in [0.1, 0.15) is 60.4 Å². The van der Waals surface area contributed by atoms with E-state index < -0.39 is 238 Å². The number of azide groups is 1. The van der Waals surface area contributed by atoms with Crippen LogP contribution in [-0.4, -0.2) is 238 Å². The molecule has 0 aromatic carbocycles. The molecule has 2 aliphatic heterocycles. The van der Waals surface area contributed by atoms with Crippen LogP contribution in [0.25, 0.3) is 10.4 Å². The summed E-state index contributed by atoms with van der Waals surface area (Å²) in [6.45, 7) is 1.90. The number of aliphatic hydroxyl groups is 3. The summed E-state index contributed by atoms with van der Waals surface area (Å²) in [4.78, 5) is 216. The van der Waals surface area contributed by atoms with Crippen LogP contribution < -0.4 is 69.5 Å². The van der Waals surface area contributed by atoms with Crippen LogP contribution in [0, 0.1) is 11.8 Å². The third kappa shape index (κ3) is 26.2. The minimum absolute atomic E-state index is 0.0467. The SMILES string of the molecule is CC[C@H](C)[C@@H]1NC(=O)[C@H](CCC(=O)O)NC(=O)[C@@H]2CCCN2C(=O)[C@H](CC(=O)O)NC(=O)CNC(=O)CNC(=O)[C@H](CO)NC(=O)[C@H](CO)NC(=O)[C@H](CCC(N)=O)NC(=O)CNC(=O)[C@H](CCCCN=[N+]=[N-])NC(=O)[C@H]([C@@H](C)O)NC(=O)[C@H](C(C)C)NC1=O. The number of carboxylic acid groups (broad SMARTS) is 2. The molecule has 12 atom stereocenters. The van der Waals surface area contributed by atoms with E-state index in [1.54, 1.807) is 13.8 Å². The monoisotopic (exact) mass is 1280 g/mol. The van der Waals surface area contributed by atoms with Crippen molar-refractivity contribution in [1.82, 2.24) is 68.7 Å². The number of rotatable bonds is 19. The average Bonchev–Trinajstić information content (AvgIpc) is 1.73. The topological polar surface area (TPSA) is 597 Å². The molecule has 0 aromatic heterocycles. The molecule has 19 N–H and O–H groups in total. The normalized spacial score (nSPS) is 25.9. The maximum Gasteiger partial charge on any atom is 0.305 e. The first-order valence-electron chi connectivity index (χ1n) is 28.9. The first-order chi connectivity index (χ1) is 42.4. The zero-order valence-corrected chi connectivity index (χ0v) is 50.4. The summed E-state index contributed by atoms with van der Waals surface area (Å²) in [6.07, 6.45) is -4.86.